The lowest BCUT2D eigenvalue weighted by molar-refractivity contribution is 0.0305. The van der Waals surface area contributed by atoms with Crippen molar-refractivity contribution in [2.75, 3.05) is 40.5 Å². The average Bonchev–Trinajstić information content (AvgIpc) is 2.60. The number of aliphatic hydroxyl groups is 1. The molecule has 3 unspecified atom stereocenters. The lowest BCUT2D eigenvalue weighted by atomic mass is 9.96. The normalized spacial score (nSPS) is 26.4. The molecule has 1 aliphatic carbocycles. The smallest absolute Gasteiger partial charge is 0.0615 e. The van der Waals surface area contributed by atoms with Crippen molar-refractivity contribution in [3.8, 4) is 0 Å². The van der Waals surface area contributed by atoms with E-state index in [1.165, 1.54) is 19.3 Å². The van der Waals surface area contributed by atoms with Crippen molar-refractivity contribution in [3.05, 3.63) is 0 Å². The molecule has 1 aliphatic rings. The summed E-state index contributed by atoms with van der Waals surface area (Å²) in [6, 6.07) is 0.371. The van der Waals surface area contributed by atoms with Gasteiger partial charge in [0.15, 0.2) is 0 Å². The van der Waals surface area contributed by atoms with Crippen LogP contribution in [0, 0.1) is 5.92 Å². The Balaban J connectivity index is 2.52. The van der Waals surface area contributed by atoms with Crippen molar-refractivity contribution >= 4 is 0 Å². The van der Waals surface area contributed by atoms with Gasteiger partial charge in [-0.25, -0.2) is 0 Å². The summed E-state index contributed by atoms with van der Waals surface area (Å²) in [7, 11) is 3.48. The first-order valence-electron chi connectivity index (χ1n) is 7.59. The van der Waals surface area contributed by atoms with Crippen LogP contribution in [-0.2, 0) is 9.47 Å². The van der Waals surface area contributed by atoms with Gasteiger partial charge in [-0.2, -0.15) is 0 Å². The van der Waals surface area contributed by atoms with Gasteiger partial charge in [0, 0.05) is 33.4 Å². The summed E-state index contributed by atoms with van der Waals surface area (Å²) < 4.78 is 10.5. The molecule has 1 rings (SSSR count). The van der Waals surface area contributed by atoms with Crippen molar-refractivity contribution in [3.63, 3.8) is 0 Å². The fourth-order valence-electron chi connectivity index (χ4n) is 2.93. The van der Waals surface area contributed by atoms with E-state index in [9.17, 15) is 5.11 Å². The minimum absolute atomic E-state index is 0.137. The van der Waals surface area contributed by atoms with Crippen molar-refractivity contribution in [1.29, 1.82) is 0 Å². The maximum atomic E-state index is 10.2. The van der Waals surface area contributed by atoms with Gasteiger partial charge in [0.25, 0.3) is 0 Å². The molecule has 19 heavy (non-hydrogen) atoms. The van der Waals surface area contributed by atoms with Crippen LogP contribution >= 0.6 is 0 Å². The maximum Gasteiger partial charge on any atom is 0.0615 e. The number of aliphatic hydroxyl groups excluding tert-OH is 1. The van der Waals surface area contributed by atoms with Crippen LogP contribution in [0.4, 0.5) is 0 Å². The van der Waals surface area contributed by atoms with Gasteiger partial charge < -0.3 is 14.6 Å². The largest absolute Gasteiger partial charge is 0.393 e. The van der Waals surface area contributed by atoms with Crippen LogP contribution in [-0.4, -0.2) is 62.7 Å². The Morgan fingerprint density at radius 2 is 1.89 bits per heavy atom. The van der Waals surface area contributed by atoms with E-state index in [0.29, 0.717) is 12.0 Å². The van der Waals surface area contributed by atoms with Crippen molar-refractivity contribution in [1.82, 2.24) is 4.90 Å². The maximum absolute atomic E-state index is 10.2. The summed E-state index contributed by atoms with van der Waals surface area (Å²) in [5, 5.41) is 10.2. The Morgan fingerprint density at radius 1 is 1.16 bits per heavy atom. The fourth-order valence-corrected chi connectivity index (χ4v) is 2.93. The molecule has 0 aliphatic heterocycles. The standard InChI is InChI=1S/C15H31NO3/c1-13(12-19-3)16(9-10-18-2)11-14-7-5-4-6-8-15(14)17/h13-15,17H,4-12H2,1-3H3. The van der Waals surface area contributed by atoms with E-state index in [0.717, 1.165) is 39.1 Å². The molecule has 0 aromatic carbocycles. The summed E-state index contributed by atoms with van der Waals surface area (Å²) in [6.45, 7) is 5.50. The molecule has 0 amide bonds. The molecule has 1 N–H and O–H groups in total. The molecule has 114 valence electrons. The quantitative estimate of drug-likeness (QED) is 0.686. The molecule has 0 heterocycles. The SMILES string of the molecule is COCCN(CC1CCCCCC1O)C(C)COC. The molecule has 0 spiro atoms. The van der Waals surface area contributed by atoms with Gasteiger partial charge in [0.1, 0.15) is 0 Å². The Labute approximate surface area is 118 Å². The molecule has 0 bridgehead atoms. The van der Waals surface area contributed by atoms with Gasteiger partial charge in [-0.15, -0.1) is 0 Å². The first-order valence-corrected chi connectivity index (χ1v) is 7.59. The van der Waals surface area contributed by atoms with Crippen LogP contribution in [0.1, 0.15) is 39.0 Å². The molecule has 1 saturated carbocycles. The van der Waals surface area contributed by atoms with E-state index in [2.05, 4.69) is 11.8 Å². The van der Waals surface area contributed by atoms with E-state index in [4.69, 9.17) is 9.47 Å². The summed E-state index contributed by atoms with van der Waals surface area (Å²) in [6.07, 6.45) is 5.65. The molecule has 1 fully saturated rings. The second-order valence-electron chi connectivity index (χ2n) is 5.76. The lowest BCUT2D eigenvalue weighted by Crippen LogP contribution is -2.43. The van der Waals surface area contributed by atoms with E-state index in [1.807, 2.05) is 0 Å². The molecule has 0 aromatic heterocycles. The molecular formula is C15H31NO3. The second kappa shape index (κ2) is 9.70. The Morgan fingerprint density at radius 3 is 2.58 bits per heavy atom. The number of nitrogens with zero attached hydrogens (tertiary/aromatic N) is 1. The second-order valence-corrected chi connectivity index (χ2v) is 5.76. The summed E-state index contributed by atoms with van der Waals surface area (Å²) in [5.41, 5.74) is 0. The lowest BCUT2D eigenvalue weighted by Gasteiger charge is -2.33. The minimum atomic E-state index is -0.137. The number of methoxy groups -OCH3 is 2. The Kier molecular flexibility index (Phi) is 8.62. The molecule has 4 heteroatoms. The zero-order valence-corrected chi connectivity index (χ0v) is 12.8. The predicted molar refractivity (Wildman–Crippen MR) is 77.4 cm³/mol. The van der Waals surface area contributed by atoms with Crippen LogP contribution in [0.3, 0.4) is 0 Å². The van der Waals surface area contributed by atoms with Crippen LogP contribution in [0.25, 0.3) is 0 Å². The van der Waals surface area contributed by atoms with E-state index in [1.54, 1.807) is 14.2 Å². The van der Waals surface area contributed by atoms with Crippen molar-refractivity contribution in [2.45, 2.75) is 51.2 Å². The molecule has 4 nitrogen and oxygen atoms in total. The first-order chi connectivity index (χ1) is 9.19. The third kappa shape index (κ3) is 6.21. The fraction of sp³-hybridized carbons (Fsp3) is 1.00. The average molecular weight is 273 g/mol. The van der Waals surface area contributed by atoms with Crippen LogP contribution in [0.15, 0.2) is 0 Å². The highest BCUT2D eigenvalue weighted by atomic mass is 16.5. The molecule has 0 saturated heterocycles. The monoisotopic (exact) mass is 273 g/mol. The highest BCUT2D eigenvalue weighted by molar-refractivity contribution is 4.78. The van der Waals surface area contributed by atoms with Crippen LogP contribution in [0.2, 0.25) is 0 Å². The van der Waals surface area contributed by atoms with E-state index >= 15 is 0 Å². The number of hydrogen-bond donors (Lipinski definition) is 1. The van der Waals surface area contributed by atoms with E-state index in [-0.39, 0.29) is 6.10 Å². The molecule has 0 radical (unpaired) electrons. The zero-order chi connectivity index (χ0) is 14.1. The van der Waals surface area contributed by atoms with Gasteiger partial charge >= 0.3 is 0 Å². The minimum Gasteiger partial charge on any atom is -0.393 e. The number of hydrogen-bond acceptors (Lipinski definition) is 4. The zero-order valence-electron chi connectivity index (χ0n) is 12.8. The van der Waals surface area contributed by atoms with Gasteiger partial charge in [0.05, 0.1) is 19.3 Å². The molecular weight excluding hydrogens is 242 g/mol. The van der Waals surface area contributed by atoms with Gasteiger partial charge in [-0.3, -0.25) is 4.90 Å². The highest BCUT2D eigenvalue weighted by Gasteiger charge is 2.25. The Bertz CT molecular complexity index is 225. The third-order valence-electron chi connectivity index (χ3n) is 4.20. The number of rotatable bonds is 8. The summed E-state index contributed by atoms with van der Waals surface area (Å²) in [5.74, 6) is 0.402. The topological polar surface area (TPSA) is 41.9 Å². The highest BCUT2D eigenvalue weighted by Crippen LogP contribution is 2.24. The third-order valence-corrected chi connectivity index (χ3v) is 4.20. The van der Waals surface area contributed by atoms with Gasteiger partial charge in [-0.1, -0.05) is 19.3 Å². The predicted octanol–water partition coefficient (Wildman–Crippen LogP) is 1.91. The van der Waals surface area contributed by atoms with Crippen molar-refractivity contribution < 1.29 is 14.6 Å². The number of ether oxygens (including phenoxy) is 2. The van der Waals surface area contributed by atoms with Crippen LogP contribution < -0.4 is 0 Å². The van der Waals surface area contributed by atoms with Gasteiger partial charge in [-0.05, 0) is 25.7 Å². The first kappa shape index (κ1) is 16.9. The van der Waals surface area contributed by atoms with Crippen molar-refractivity contribution in [2.24, 2.45) is 5.92 Å². The molecule has 0 aromatic rings. The molecule has 3 atom stereocenters. The Hall–Kier alpha value is -0.160. The summed E-state index contributed by atoms with van der Waals surface area (Å²) >= 11 is 0. The summed E-state index contributed by atoms with van der Waals surface area (Å²) in [4.78, 5) is 2.40. The van der Waals surface area contributed by atoms with Crippen LogP contribution in [0.5, 0.6) is 0 Å². The van der Waals surface area contributed by atoms with Gasteiger partial charge in [0.2, 0.25) is 0 Å². The van der Waals surface area contributed by atoms with E-state index < -0.39 is 0 Å².